The Morgan fingerprint density at radius 3 is 2.78 bits per heavy atom. The molecule has 1 aliphatic rings. The molecule has 0 bridgehead atoms. The molecule has 3 atom stereocenters. The largest absolute Gasteiger partial charge is 0.376 e. The molecule has 18 heavy (non-hydrogen) atoms. The lowest BCUT2D eigenvalue weighted by Gasteiger charge is -2.38. The van der Waals surface area contributed by atoms with Crippen LogP contribution >= 0.6 is 0 Å². The van der Waals surface area contributed by atoms with Crippen molar-refractivity contribution < 1.29 is 9.53 Å². The Hall–Kier alpha value is -0.650. The summed E-state index contributed by atoms with van der Waals surface area (Å²) in [5.41, 5.74) is 10.2. The molecular formula is C13H27N3O2. The van der Waals surface area contributed by atoms with Gasteiger partial charge >= 0.3 is 0 Å². The topological polar surface area (TPSA) is 81.6 Å². The number of carbonyl (C=O) groups excluding carboxylic acids is 1. The molecule has 1 amide bonds. The third-order valence-corrected chi connectivity index (χ3v) is 3.76. The van der Waals surface area contributed by atoms with Gasteiger partial charge in [-0.15, -0.1) is 0 Å². The predicted octanol–water partition coefficient (Wildman–Crippen LogP) is 0.469. The van der Waals surface area contributed by atoms with Gasteiger partial charge in [0.25, 0.3) is 0 Å². The average Bonchev–Trinajstić information content (AvgIpc) is 2.29. The quantitative estimate of drug-likeness (QED) is 0.724. The van der Waals surface area contributed by atoms with Crippen molar-refractivity contribution in [2.75, 3.05) is 19.7 Å². The van der Waals surface area contributed by atoms with Crippen LogP contribution in [0.3, 0.4) is 0 Å². The van der Waals surface area contributed by atoms with Gasteiger partial charge in [0.15, 0.2) is 0 Å². The van der Waals surface area contributed by atoms with E-state index in [0.717, 1.165) is 32.5 Å². The van der Waals surface area contributed by atoms with Gasteiger partial charge in [0.05, 0.1) is 18.2 Å². The second kappa shape index (κ2) is 6.50. The lowest BCUT2D eigenvalue weighted by molar-refractivity contribution is -0.122. The van der Waals surface area contributed by atoms with Crippen molar-refractivity contribution in [3.05, 3.63) is 0 Å². The van der Waals surface area contributed by atoms with Gasteiger partial charge in [-0.1, -0.05) is 6.92 Å². The second-order valence-corrected chi connectivity index (χ2v) is 5.59. The molecule has 1 rings (SSSR count). The predicted molar refractivity (Wildman–Crippen MR) is 72.1 cm³/mol. The van der Waals surface area contributed by atoms with Gasteiger partial charge in [-0.25, -0.2) is 0 Å². The summed E-state index contributed by atoms with van der Waals surface area (Å²) in [4.78, 5) is 13.6. The number of amides is 1. The van der Waals surface area contributed by atoms with E-state index in [9.17, 15) is 4.79 Å². The first kappa shape index (κ1) is 15.4. The Morgan fingerprint density at radius 2 is 2.22 bits per heavy atom. The van der Waals surface area contributed by atoms with E-state index in [2.05, 4.69) is 18.7 Å². The summed E-state index contributed by atoms with van der Waals surface area (Å²) in [5.74, 6) is -0.426. The molecular weight excluding hydrogens is 230 g/mol. The fourth-order valence-electron chi connectivity index (χ4n) is 2.34. The van der Waals surface area contributed by atoms with E-state index >= 15 is 0 Å². The van der Waals surface area contributed by atoms with Crippen LogP contribution in [0.4, 0.5) is 0 Å². The van der Waals surface area contributed by atoms with Crippen molar-refractivity contribution in [2.24, 2.45) is 11.5 Å². The Kier molecular flexibility index (Phi) is 5.56. The maximum atomic E-state index is 11.1. The summed E-state index contributed by atoms with van der Waals surface area (Å²) >= 11 is 0. The number of hydrogen-bond donors (Lipinski definition) is 2. The van der Waals surface area contributed by atoms with Gasteiger partial charge in [-0.2, -0.15) is 0 Å². The number of hydrogen-bond acceptors (Lipinski definition) is 4. The Morgan fingerprint density at radius 1 is 1.56 bits per heavy atom. The number of carbonyl (C=O) groups is 1. The minimum atomic E-state index is -0.889. The molecule has 1 saturated heterocycles. The molecule has 1 aliphatic heterocycles. The van der Waals surface area contributed by atoms with Crippen LogP contribution in [0.2, 0.25) is 0 Å². The van der Waals surface area contributed by atoms with Gasteiger partial charge in [-0.3, -0.25) is 9.69 Å². The number of morpholine rings is 1. The van der Waals surface area contributed by atoms with Crippen LogP contribution in [-0.4, -0.2) is 48.2 Å². The molecule has 4 N–H and O–H groups in total. The Labute approximate surface area is 110 Å². The van der Waals surface area contributed by atoms with Crippen molar-refractivity contribution in [2.45, 2.75) is 57.7 Å². The smallest absolute Gasteiger partial charge is 0.237 e. The number of primary amides is 1. The summed E-state index contributed by atoms with van der Waals surface area (Å²) in [5, 5.41) is 0. The highest BCUT2D eigenvalue weighted by Crippen LogP contribution is 2.16. The maximum absolute atomic E-state index is 11.1. The molecule has 5 nitrogen and oxygen atoms in total. The van der Waals surface area contributed by atoms with E-state index in [-0.39, 0.29) is 6.10 Å². The minimum absolute atomic E-state index is 0.285. The molecule has 0 aromatic rings. The average molecular weight is 257 g/mol. The van der Waals surface area contributed by atoms with Crippen LogP contribution in [0.1, 0.15) is 40.0 Å². The zero-order chi connectivity index (χ0) is 13.8. The number of ether oxygens (including phenoxy) is 1. The molecule has 0 saturated carbocycles. The SMILES string of the molecule is CCC1COC(C)CN1CCCC(C)(N)C(N)=O. The zero-order valence-electron chi connectivity index (χ0n) is 11.8. The molecule has 0 aliphatic carbocycles. The first-order valence-corrected chi connectivity index (χ1v) is 6.81. The van der Waals surface area contributed by atoms with Crippen LogP contribution < -0.4 is 11.5 Å². The lowest BCUT2D eigenvalue weighted by Crippen LogP contribution is -2.51. The number of nitrogens with two attached hydrogens (primary N) is 2. The van der Waals surface area contributed by atoms with Gasteiger partial charge in [0.1, 0.15) is 0 Å². The van der Waals surface area contributed by atoms with E-state index in [1.807, 2.05) is 0 Å². The summed E-state index contributed by atoms with van der Waals surface area (Å²) < 4.78 is 5.66. The fourth-order valence-corrected chi connectivity index (χ4v) is 2.34. The third kappa shape index (κ3) is 4.23. The van der Waals surface area contributed by atoms with Crippen LogP contribution in [0, 0.1) is 0 Å². The first-order valence-electron chi connectivity index (χ1n) is 6.81. The van der Waals surface area contributed by atoms with Crippen LogP contribution in [-0.2, 0) is 9.53 Å². The van der Waals surface area contributed by atoms with E-state index in [4.69, 9.17) is 16.2 Å². The van der Waals surface area contributed by atoms with Crippen molar-refractivity contribution in [3.8, 4) is 0 Å². The Balaban J connectivity index is 2.39. The van der Waals surface area contributed by atoms with Crippen molar-refractivity contribution >= 4 is 5.91 Å². The van der Waals surface area contributed by atoms with Crippen LogP contribution in [0.5, 0.6) is 0 Å². The van der Waals surface area contributed by atoms with E-state index in [0.29, 0.717) is 12.5 Å². The fraction of sp³-hybridized carbons (Fsp3) is 0.923. The third-order valence-electron chi connectivity index (χ3n) is 3.76. The van der Waals surface area contributed by atoms with Crippen molar-refractivity contribution in [1.82, 2.24) is 4.90 Å². The molecule has 0 aromatic carbocycles. The lowest BCUT2D eigenvalue weighted by atomic mass is 9.96. The van der Waals surface area contributed by atoms with E-state index < -0.39 is 11.4 Å². The first-order chi connectivity index (χ1) is 8.36. The summed E-state index contributed by atoms with van der Waals surface area (Å²) in [7, 11) is 0. The molecule has 0 aromatic heterocycles. The summed E-state index contributed by atoms with van der Waals surface area (Å²) in [6.45, 7) is 8.67. The standard InChI is InChI=1S/C13H27N3O2/c1-4-11-9-18-10(2)8-16(11)7-5-6-13(3,15)12(14)17/h10-11H,4-9,15H2,1-3H3,(H2,14,17). The monoisotopic (exact) mass is 257 g/mol. The molecule has 1 heterocycles. The zero-order valence-corrected chi connectivity index (χ0v) is 11.8. The van der Waals surface area contributed by atoms with Gasteiger partial charge in [0, 0.05) is 12.6 Å². The van der Waals surface area contributed by atoms with Crippen LogP contribution in [0.25, 0.3) is 0 Å². The van der Waals surface area contributed by atoms with Gasteiger partial charge in [-0.05, 0) is 39.7 Å². The van der Waals surface area contributed by atoms with Gasteiger partial charge in [0.2, 0.25) is 5.91 Å². The van der Waals surface area contributed by atoms with E-state index in [1.165, 1.54) is 0 Å². The Bertz CT molecular complexity index is 281. The van der Waals surface area contributed by atoms with Gasteiger partial charge < -0.3 is 16.2 Å². The highest BCUT2D eigenvalue weighted by molar-refractivity contribution is 5.83. The van der Waals surface area contributed by atoms with Crippen LogP contribution in [0.15, 0.2) is 0 Å². The highest BCUT2D eigenvalue weighted by atomic mass is 16.5. The highest BCUT2D eigenvalue weighted by Gasteiger charge is 2.28. The minimum Gasteiger partial charge on any atom is -0.376 e. The molecule has 1 fully saturated rings. The van der Waals surface area contributed by atoms with Crippen molar-refractivity contribution in [1.29, 1.82) is 0 Å². The second-order valence-electron chi connectivity index (χ2n) is 5.59. The summed E-state index contributed by atoms with van der Waals surface area (Å²) in [6.07, 6.45) is 2.89. The number of nitrogens with zero attached hydrogens (tertiary/aromatic N) is 1. The molecule has 3 unspecified atom stereocenters. The molecule has 106 valence electrons. The summed E-state index contributed by atoms with van der Waals surface area (Å²) in [6, 6.07) is 0.485. The molecule has 0 spiro atoms. The van der Waals surface area contributed by atoms with Crippen molar-refractivity contribution in [3.63, 3.8) is 0 Å². The molecule has 5 heteroatoms. The maximum Gasteiger partial charge on any atom is 0.237 e. The normalized spacial score (nSPS) is 28.9. The number of rotatable bonds is 6. The van der Waals surface area contributed by atoms with E-state index in [1.54, 1.807) is 6.92 Å². The molecule has 0 radical (unpaired) electrons.